The molecule has 4 nitrogen and oxygen atoms in total. The zero-order valence-electron chi connectivity index (χ0n) is 6.74. The molecule has 12 heavy (non-hydrogen) atoms. The van der Waals surface area contributed by atoms with Gasteiger partial charge in [0.2, 0.25) is 0 Å². The van der Waals surface area contributed by atoms with E-state index in [1.807, 2.05) is 0 Å². The zero-order valence-corrected chi connectivity index (χ0v) is 7.56. The molecule has 0 aromatic carbocycles. The van der Waals surface area contributed by atoms with Gasteiger partial charge in [-0.2, -0.15) is 0 Å². The number of hydrogen-bond acceptors (Lipinski definition) is 4. The second-order valence-electron chi connectivity index (χ2n) is 2.89. The van der Waals surface area contributed by atoms with Crippen LogP contribution in [-0.4, -0.2) is 31.6 Å². The van der Waals surface area contributed by atoms with Crippen molar-refractivity contribution in [2.75, 3.05) is 6.26 Å². The SMILES string of the molecule is CS(=O)(=O)C1=CC(=N)C(O)CC1. The minimum Gasteiger partial charge on any atom is -0.387 e. The van der Waals surface area contributed by atoms with Crippen molar-refractivity contribution >= 4 is 15.5 Å². The van der Waals surface area contributed by atoms with E-state index in [1.54, 1.807) is 0 Å². The van der Waals surface area contributed by atoms with Crippen molar-refractivity contribution in [2.45, 2.75) is 18.9 Å². The predicted molar refractivity (Wildman–Crippen MR) is 45.9 cm³/mol. The molecule has 1 aliphatic rings. The fourth-order valence-electron chi connectivity index (χ4n) is 1.07. The van der Waals surface area contributed by atoms with Crippen LogP contribution in [0.4, 0.5) is 0 Å². The summed E-state index contributed by atoms with van der Waals surface area (Å²) in [6.45, 7) is 0. The Morgan fingerprint density at radius 2 is 2.25 bits per heavy atom. The van der Waals surface area contributed by atoms with Crippen LogP contribution in [0.3, 0.4) is 0 Å². The lowest BCUT2D eigenvalue weighted by atomic mass is 10.0. The van der Waals surface area contributed by atoms with Gasteiger partial charge in [0.15, 0.2) is 9.84 Å². The van der Waals surface area contributed by atoms with E-state index in [9.17, 15) is 8.42 Å². The Morgan fingerprint density at radius 1 is 1.67 bits per heavy atom. The summed E-state index contributed by atoms with van der Waals surface area (Å²) in [4.78, 5) is 0.248. The zero-order chi connectivity index (χ0) is 9.35. The van der Waals surface area contributed by atoms with Gasteiger partial charge in [-0.3, -0.25) is 0 Å². The molecule has 68 valence electrons. The molecule has 0 heterocycles. The normalized spacial score (nSPS) is 25.3. The standard InChI is InChI=1S/C7H11NO3S/c1-12(10,11)5-2-3-7(9)6(8)4-5/h4,7-9H,2-3H2,1H3. The topological polar surface area (TPSA) is 78.2 Å². The summed E-state index contributed by atoms with van der Waals surface area (Å²) in [6.07, 6.45) is 2.23. The fourth-order valence-corrected chi connectivity index (χ4v) is 1.90. The number of nitrogens with one attached hydrogen (secondary N) is 1. The van der Waals surface area contributed by atoms with Gasteiger partial charge in [-0.1, -0.05) is 0 Å². The quantitative estimate of drug-likeness (QED) is 0.613. The molecule has 0 spiro atoms. The van der Waals surface area contributed by atoms with Crippen molar-refractivity contribution in [1.29, 1.82) is 5.41 Å². The molecule has 5 heteroatoms. The van der Waals surface area contributed by atoms with Gasteiger partial charge in [-0.05, 0) is 18.9 Å². The van der Waals surface area contributed by atoms with Crippen LogP contribution in [-0.2, 0) is 9.84 Å². The Morgan fingerprint density at radius 3 is 2.67 bits per heavy atom. The maximum atomic E-state index is 11.0. The highest BCUT2D eigenvalue weighted by molar-refractivity contribution is 7.94. The summed E-state index contributed by atoms with van der Waals surface area (Å²) in [7, 11) is -3.17. The molecule has 2 N–H and O–H groups in total. The first-order chi connectivity index (χ1) is 5.41. The van der Waals surface area contributed by atoms with Gasteiger partial charge < -0.3 is 10.5 Å². The van der Waals surface area contributed by atoms with Gasteiger partial charge in [0, 0.05) is 11.2 Å². The minimum absolute atomic E-state index is 0.0123. The molecule has 0 fully saturated rings. The first kappa shape index (κ1) is 9.41. The van der Waals surface area contributed by atoms with E-state index in [4.69, 9.17) is 10.5 Å². The number of hydrogen-bond donors (Lipinski definition) is 2. The molecule has 0 radical (unpaired) electrons. The van der Waals surface area contributed by atoms with E-state index in [-0.39, 0.29) is 10.6 Å². The number of rotatable bonds is 1. The summed E-state index contributed by atoms with van der Waals surface area (Å²) in [6, 6.07) is 0. The number of sulfone groups is 1. The average Bonchev–Trinajstić information content (AvgIpc) is 1.92. The highest BCUT2D eigenvalue weighted by atomic mass is 32.2. The smallest absolute Gasteiger partial charge is 0.171 e. The van der Waals surface area contributed by atoms with Crippen molar-refractivity contribution in [2.24, 2.45) is 0 Å². The third-order valence-electron chi connectivity index (χ3n) is 1.82. The minimum atomic E-state index is -3.17. The van der Waals surface area contributed by atoms with Crippen molar-refractivity contribution in [3.63, 3.8) is 0 Å². The van der Waals surface area contributed by atoms with Gasteiger partial charge >= 0.3 is 0 Å². The van der Waals surface area contributed by atoms with Gasteiger partial charge in [0.1, 0.15) is 0 Å². The lowest BCUT2D eigenvalue weighted by Gasteiger charge is -2.16. The summed E-state index contributed by atoms with van der Waals surface area (Å²) < 4.78 is 22.0. The Hall–Kier alpha value is -0.680. The van der Waals surface area contributed by atoms with E-state index in [0.717, 1.165) is 6.26 Å². The van der Waals surface area contributed by atoms with Crippen LogP contribution >= 0.6 is 0 Å². The molecule has 1 aliphatic carbocycles. The van der Waals surface area contributed by atoms with Crippen LogP contribution < -0.4 is 0 Å². The Bertz CT molecular complexity index is 329. The largest absolute Gasteiger partial charge is 0.387 e. The molecule has 1 unspecified atom stereocenters. The number of aliphatic hydroxyl groups is 1. The van der Waals surface area contributed by atoms with Gasteiger partial charge in [-0.15, -0.1) is 0 Å². The Balaban J connectivity index is 2.98. The molecule has 1 rings (SSSR count). The molecule has 0 aromatic rings. The molecule has 0 saturated heterocycles. The first-order valence-corrected chi connectivity index (χ1v) is 5.47. The molecule has 0 saturated carbocycles. The lowest BCUT2D eigenvalue weighted by molar-refractivity contribution is 0.229. The molecular formula is C7H11NO3S. The van der Waals surface area contributed by atoms with Crippen LogP contribution in [0.5, 0.6) is 0 Å². The van der Waals surface area contributed by atoms with Crippen LogP contribution in [0.15, 0.2) is 11.0 Å². The van der Waals surface area contributed by atoms with E-state index in [2.05, 4.69) is 0 Å². The van der Waals surface area contributed by atoms with Crippen LogP contribution in [0, 0.1) is 5.41 Å². The summed E-state index contributed by atoms with van der Waals surface area (Å²) in [5, 5.41) is 16.3. The van der Waals surface area contributed by atoms with E-state index in [1.165, 1.54) is 6.08 Å². The third-order valence-corrected chi connectivity index (χ3v) is 3.09. The van der Waals surface area contributed by atoms with Crippen molar-refractivity contribution < 1.29 is 13.5 Å². The average molecular weight is 189 g/mol. The van der Waals surface area contributed by atoms with Gasteiger partial charge in [0.25, 0.3) is 0 Å². The molecule has 1 atom stereocenters. The molecular weight excluding hydrogens is 178 g/mol. The first-order valence-electron chi connectivity index (χ1n) is 3.58. The van der Waals surface area contributed by atoms with Crippen LogP contribution in [0.25, 0.3) is 0 Å². The second-order valence-corrected chi connectivity index (χ2v) is 4.96. The monoisotopic (exact) mass is 189 g/mol. The maximum Gasteiger partial charge on any atom is 0.171 e. The number of allylic oxidation sites excluding steroid dienone is 1. The van der Waals surface area contributed by atoms with Gasteiger partial charge in [0.05, 0.1) is 11.8 Å². The fraction of sp³-hybridized carbons (Fsp3) is 0.571. The van der Waals surface area contributed by atoms with Crippen LogP contribution in [0.1, 0.15) is 12.8 Å². The Labute approximate surface area is 71.3 Å². The lowest BCUT2D eigenvalue weighted by Crippen LogP contribution is -2.23. The summed E-state index contributed by atoms with van der Waals surface area (Å²) in [5.74, 6) is 0. The van der Waals surface area contributed by atoms with Crippen LogP contribution in [0.2, 0.25) is 0 Å². The molecule has 0 aromatic heterocycles. The van der Waals surface area contributed by atoms with Crippen molar-refractivity contribution in [1.82, 2.24) is 0 Å². The summed E-state index contributed by atoms with van der Waals surface area (Å²) in [5.41, 5.74) is -0.0123. The highest BCUT2D eigenvalue weighted by Gasteiger charge is 2.21. The Kier molecular flexibility index (Phi) is 2.34. The number of aliphatic hydroxyl groups excluding tert-OH is 1. The molecule has 0 bridgehead atoms. The second kappa shape index (κ2) is 2.99. The van der Waals surface area contributed by atoms with E-state index in [0.29, 0.717) is 12.8 Å². The molecule has 0 amide bonds. The van der Waals surface area contributed by atoms with Gasteiger partial charge in [-0.25, -0.2) is 8.42 Å². The molecule has 0 aliphatic heterocycles. The summed E-state index contributed by atoms with van der Waals surface area (Å²) >= 11 is 0. The highest BCUT2D eigenvalue weighted by Crippen LogP contribution is 2.19. The van der Waals surface area contributed by atoms with Crippen molar-refractivity contribution in [3.05, 3.63) is 11.0 Å². The van der Waals surface area contributed by atoms with Crippen molar-refractivity contribution in [3.8, 4) is 0 Å². The van der Waals surface area contributed by atoms with E-state index >= 15 is 0 Å². The maximum absolute atomic E-state index is 11.0. The predicted octanol–water partition coefficient (Wildman–Crippen LogP) is 0.0894. The third kappa shape index (κ3) is 1.92. The van der Waals surface area contributed by atoms with E-state index < -0.39 is 15.9 Å².